The van der Waals surface area contributed by atoms with E-state index in [1.54, 1.807) is 18.3 Å². The molecule has 3 heterocycles. The maximum atomic E-state index is 14.3. The summed E-state index contributed by atoms with van der Waals surface area (Å²) in [5.41, 5.74) is 5.78. The lowest BCUT2D eigenvalue weighted by atomic mass is 9.99. The van der Waals surface area contributed by atoms with Crippen LogP contribution in [0.4, 0.5) is 4.39 Å². The van der Waals surface area contributed by atoms with E-state index in [4.69, 9.17) is 14.7 Å². The van der Waals surface area contributed by atoms with Gasteiger partial charge in [-0.15, -0.1) is 11.8 Å². The molecule has 7 heteroatoms. The van der Waals surface area contributed by atoms with Gasteiger partial charge >= 0.3 is 0 Å². The molecule has 1 aliphatic rings. The fraction of sp³-hybridized carbons (Fsp3) is 0.192. The summed E-state index contributed by atoms with van der Waals surface area (Å²) in [6.45, 7) is 3.77. The summed E-state index contributed by atoms with van der Waals surface area (Å²) in [4.78, 5) is 14.0. The molecule has 0 radical (unpaired) electrons. The van der Waals surface area contributed by atoms with Crippen LogP contribution in [-0.2, 0) is 18.8 Å². The van der Waals surface area contributed by atoms with E-state index in [1.165, 1.54) is 17.8 Å². The SMILES string of the molecule is Cc1cccc(-c2nc3c(c(SCc4ccccc4F)n2)Cc2c(CO)cnc(C)c2O3)c1. The molecule has 5 nitrogen and oxygen atoms in total. The zero-order chi connectivity index (χ0) is 22.9. The van der Waals surface area contributed by atoms with Crippen LogP contribution in [0.15, 0.2) is 59.8 Å². The van der Waals surface area contributed by atoms with E-state index in [1.807, 2.05) is 44.2 Å². The monoisotopic (exact) mass is 459 g/mol. The average Bonchev–Trinajstić information content (AvgIpc) is 2.83. The zero-order valence-corrected chi connectivity index (χ0v) is 19.1. The van der Waals surface area contributed by atoms with Crippen molar-refractivity contribution in [2.24, 2.45) is 0 Å². The van der Waals surface area contributed by atoms with Crippen molar-refractivity contribution in [1.82, 2.24) is 15.0 Å². The average molecular weight is 460 g/mol. The molecule has 0 amide bonds. The molecule has 2 aromatic carbocycles. The summed E-state index contributed by atoms with van der Waals surface area (Å²) in [7, 11) is 0. The molecule has 0 atom stereocenters. The minimum atomic E-state index is -0.238. The highest BCUT2D eigenvalue weighted by molar-refractivity contribution is 7.98. The Morgan fingerprint density at radius 3 is 2.67 bits per heavy atom. The predicted octanol–water partition coefficient (Wildman–Crippen LogP) is 5.78. The Hall–Kier alpha value is -3.29. The topological polar surface area (TPSA) is 68.1 Å². The van der Waals surface area contributed by atoms with Crippen LogP contribution in [-0.4, -0.2) is 20.1 Å². The molecule has 5 rings (SSSR count). The van der Waals surface area contributed by atoms with Crippen LogP contribution in [0.3, 0.4) is 0 Å². The van der Waals surface area contributed by atoms with Gasteiger partial charge in [-0.05, 0) is 31.5 Å². The lowest BCUT2D eigenvalue weighted by Gasteiger charge is -2.24. The number of aryl methyl sites for hydroxylation is 2. The van der Waals surface area contributed by atoms with Crippen molar-refractivity contribution < 1.29 is 14.2 Å². The third-order valence-corrected chi connectivity index (χ3v) is 6.72. The van der Waals surface area contributed by atoms with Gasteiger partial charge in [0, 0.05) is 35.1 Å². The number of aliphatic hydroxyl groups excluding tert-OH is 1. The van der Waals surface area contributed by atoms with Gasteiger partial charge in [-0.2, -0.15) is 4.98 Å². The number of aliphatic hydroxyl groups is 1. The number of halogens is 1. The van der Waals surface area contributed by atoms with Crippen LogP contribution in [0.1, 0.15) is 33.5 Å². The van der Waals surface area contributed by atoms with Gasteiger partial charge in [-0.3, -0.25) is 4.98 Å². The molecule has 33 heavy (non-hydrogen) atoms. The van der Waals surface area contributed by atoms with Crippen LogP contribution < -0.4 is 4.74 Å². The predicted molar refractivity (Wildman–Crippen MR) is 126 cm³/mol. The van der Waals surface area contributed by atoms with E-state index in [0.29, 0.717) is 40.8 Å². The lowest BCUT2D eigenvalue weighted by Crippen LogP contribution is -2.13. The number of ether oxygens (including phenoxy) is 1. The molecule has 166 valence electrons. The first kappa shape index (κ1) is 21.6. The van der Waals surface area contributed by atoms with Gasteiger partial charge in [0.25, 0.3) is 0 Å². The van der Waals surface area contributed by atoms with Crippen LogP contribution in [0, 0.1) is 19.7 Å². The quantitative estimate of drug-likeness (QED) is 0.266. The van der Waals surface area contributed by atoms with E-state index in [-0.39, 0.29) is 12.4 Å². The molecule has 0 spiro atoms. The van der Waals surface area contributed by atoms with Gasteiger partial charge in [-0.25, -0.2) is 9.37 Å². The van der Waals surface area contributed by atoms with Gasteiger partial charge in [0.2, 0.25) is 5.88 Å². The summed E-state index contributed by atoms with van der Waals surface area (Å²) >= 11 is 1.46. The maximum Gasteiger partial charge on any atom is 0.227 e. The van der Waals surface area contributed by atoms with Crippen LogP contribution in [0.25, 0.3) is 11.4 Å². The Bertz CT molecular complexity index is 1360. The normalized spacial score (nSPS) is 12.1. The summed E-state index contributed by atoms with van der Waals surface area (Å²) in [6.07, 6.45) is 2.19. The van der Waals surface area contributed by atoms with Gasteiger partial charge < -0.3 is 9.84 Å². The van der Waals surface area contributed by atoms with E-state index < -0.39 is 0 Å². The van der Waals surface area contributed by atoms with Crippen LogP contribution in [0.2, 0.25) is 0 Å². The van der Waals surface area contributed by atoms with Crippen LogP contribution in [0.5, 0.6) is 11.6 Å². The smallest absolute Gasteiger partial charge is 0.227 e. The molecule has 2 aromatic heterocycles. The molecule has 0 unspecified atom stereocenters. The first-order chi connectivity index (χ1) is 16.0. The van der Waals surface area contributed by atoms with E-state index in [0.717, 1.165) is 33.0 Å². The van der Waals surface area contributed by atoms with Crippen molar-refractivity contribution in [2.75, 3.05) is 0 Å². The summed E-state index contributed by atoms with van der Waals surface area (Å²) in [5.74, 6) is 1.86. The molecule has 0 fully saturated rings. The molecular formula is C26H22FN3O2S. The van der Waals surface area contributed by atoms with Crippen molar-refractivity contribution in [3.05, 3.63) is 94.1 Å². The van der Waals surface area contributed by atoms with Crippen LogP contribution >= 0.6 is 11.8 Å². The number of benzene rings is 2. The Morgan fingerprint density at radius 2 is 1.88 bits per heavy atom. The van der Waals surface area contributed by atoms with Crippen molar-refractivity contribution in [2.45, 2.75) is 37.7 Å². The van der Waals surface area contributed by atoms with Gasteiger partial charge in [0.15, 0.2) is 11.6 Å². The van der Waals surface area contributed by atoms with Gasteiger partial charge in [-0.1, -0.05) is 42.0 Å². The first-order valence-electron chi connectivity index (χ1n) is 10.6. The minimum absolute atomic E-state index is 0.131. The number of hydrogen-bond acceptors (Lipinski definition) is 6. The second-order valence-corrected chi connectivity index (χ2v) is 8.96. The third-order valence-electron chi connectivity index (χ3n) is 5.66. The summed E-state index contributed by atoms with van der Waals surface area (Å²) in [5, 5.41) is 10.6. The fourth-order valence-corrected chi connectivity index (χ4v) is 4.90. The molecule has 0 saturated carbocycles. The van der Waals surface area contributed by atoms with E-state index >= 15 is 0 Å². The lowest BCUT2D eigenvalue weighted by molar-refractivity contribution is 0.278. The molecule has 1 N–H and O–H groups in total. The number of aromatic nitrogens is 3. The highest BCUT2D eigenvalue weighted by Gasteiger charge is 2.27. The van der Waals surface area contributed by atoms with E-state index in [2.05, 4.69) is 4.98 Å². The van der Waals surface area contributed by atoms with Crippen molar-refractivity contribution >= 4 is 11.8 Å². The largest absolute Gasteiger partial charge is 0.436 e. The number of rotatable bonds is 5. The van der Waals surface area contributed by atoms with Crippen molar-refractivity contribution in [3.63, 3.8) is 0 Å². The second kappa shape index (κ2) is 8.92. The zero-order valence-electron chi connectivity index (χ0n) is 18.3. The maximum absolute atomic E-state index is 14.3. The van der Waals surface area contributed by atoms with Gasteiger partial charge in [0.1, 0.15) is 10.8 Å². The molecule has 4 aromatic rings. The number of thioether (sulfide) groups is 1. The number of pyridine rings is 1. The van der Waals surface area contributed by atoms with E-state index in [9.17, 15) is 9.50 Å². The molecular weight excluding hydrogens is 437 g/mol. The van der Waals surface area contributed by atoms with Gasteiger partial charge in [0.05, 0.1) is 17.9 Å². The third kappa shape index (κ3) is 4.21. The molecule has 0 aliphatic carbocycles. The van der Waals surface area contributed by atoms with Crippen molar-refractivity contribution in [3.8, 4) is 23.0 Å². The second-order valence-electron chi connectivity index (χ2n) is 8.00. The Labute approximate surface area is 195 Å². The molecule has 1 aliphatic heterocycles. The standard InChI is InChI=1S/C26H22FN3O2S/c1-15-6-5-8-17(10-15)24-29-25-21(11-20-19(13-31)12-28-16(2)23(20)32-25)26(30-24)33-14-18-7-3-4-9-22(18)27/h3-10,12,31H,11,13-14H2,1-2H3. The number of fused-ring (bicyclic) bond motifs is 2. The molecule has 0 saturated heterocycles. The summed E-state index contributed by atoms with van der Waals surface area (Å²) < 4.78 is 20.5. The Morgan fingerprint density at radius 1 is 1.03 bits per heavy atom. The Kier molecular flexibility index (Phi) is 5.83. The highest BCUT2D eigenvalue weighted by atomic mass is 32.2. The minimum Gasteiger partial charge on any atom is -0.436 e. The summed E-state index contributed by atoms with van der Waals surface area (Å²) in [6, 6.07) is 14.7. The molecule has 0 bridgehead atoms. The Balaban J connectivity index is 1.61. The van der Waals surface area contributed by atoms with Crippen molar-refractivity contribution in [1.29, 1.82) is 0 Å². The number of hydrogen-bond donors (Lipinski definition) is 1. The fourth-order valence-electron chi connectivity index (χ4n) is 3.89. The first-order valence-corrected chi connectivity index (χ1v) is 11.6. The number of nitrogens with zero attached hydrogens (tertiary/aromatic N) is 3. The highest BCUT2D eigenvalue weighted by Crippen LogP contribution is 2.43.